The van der Waals surface area contributed by atoms with Gasteiger partial charge in [0.1, 0.15) is 5.75 Å². The number of carbonyl (C=O) groups is 2. The fourth-order valence-corrected chi connectivity index (χ4v) is 3.56. The summed E-state index contributed by atoms with van der Waals surface area (Å²) in [7, 11) is 0. The van der Waals surface area contributed by atoms with Gasteiger partial charge in [-0.2, -0.15) is 0 Å². The molecule has 0 saturated heterocycles. The number of rotatable bonds is 8. The van der Waals surface area contributed by atoms with Crippen LogP contribution in [0.25, 0.3) is 11.3 Å². The van der Waals surface area contributed by atoms with E-state index in [4.69, 9.17) is 4.74 Å². The van der Waals surface area contributed by atoms with E-state index in [2.05, 4.69) is 15.6 Å². The highest BCUT2D eigenvalue weighted by Crippen LogP contribution is 2.26. The van der Waals surface area contributed by atoms with Crippen LogP contribution in [-0.4, -0.2) is 23.4 Å². The van der Waals surface area contributed by atoms with Gasteiger partial charge in [0.25, 0.3) is 0 Å². The van der Waals surface area contributed by atoms with Gasteiger partial charge in [0.05, 0.1) is 12.3 Å². The average Bonchev–Trinajstić information content (AvgIpc) is 3.16. The van der Waals surface area contributed by atoms with Crippen molar-refractivity contribution in [3.05, 3.63) is 59.5 Å². The molecule has 0 saturated carbocycles. The lowest BCUT2D eigenvalue weighted by Crippen LogP contribution is -2.12. The van der Waals surface area contributed by atoms with E-state index in [1.54, 1.807) is 0 Å². The van der Waals surface area contributed by atoms with E-state index in [0.29, 0.717) is 24.6 Å². The molecule has 1 heterocycles. The Balaban J connectivity index is 1.57. The molecule has 0 aliphatic rings. The predicted octanol–water partition coefficient (Wildman–Crippen LogP) is 4.74. The average molecular weight is 410 g/mol. The van der Waals surface area contributed by atoms with Gasteiger partial charge in [-0.3, -0.25) is 9.59 Å². The summed E-state index contributed by atoms with van der Waals surface area (Å²) in [6.07, 6.45) is 0.954. The normalized spacial score (nSPS) is 10.4. The van der Waals surface area contributed by atoms with Gasteiger partial charge in [0, 0.05) is 30.0 Å². The summed E-state index contributed by atoms with van der Waals surface area (Å²) in [5, 5.41) is 8.05. The van der Waals surface area contributed by atoms with Crippen LogP contribution < -0.4 is 15.4 Å². The Labute approximate surface area is 173 Å². The molecule has 3 rings (SSSR count). The largest absolute Gasteiger partial charge is 0.494 e. The standard InChI is InChI=1S/C22H23N3O3S/c1-3-28-20-7-5-4-6-17(20)10-13-21(27)25-22-24-19(14-29-22)16-8-11-18(12-9-16)23-15(2)26/h4-9,11-12,14H,3,10,13H2,1-2H3,(H,23,26)(H,24,25,27). The van der Waals surface area contributed by atoms with Crippen molar-refractivity contribution in [1.82, 2.24) is 4.98 Å². The molecule has 150 valence electrons. The van der Waals surface area contributed by atoms with E-state index in [-0.39, 0.29) is 11.8 Å². The third kappa shape index (κ3) is 5.89. The second kappa shape index (κ2) is 9.84. The van der Waals surface area contributed by atoms with Crippen LogP contribution in [0.3, 0.4) is 0 Å². The predicted molar refractivity (Wildman–Crippen MR) is 116 cm³/mol. The second-order valence-electron chi connectivity index (χ2n) is 6.39. The third-order valence-electron chi connectivity index (χ3n) is 4.15. The molecule has 0 fully saturated rings. The molecule has 2 N–H and O–H groups in total. The summed E-state index contributed by atoms with van der Waals surface area (Å²) < 4.78 is 5.60. The van der Waals surface area contributed by atoms with Gasteiger partial charge in [-0.1, -0.05) is 30.3 Å². The monoisotopic (exact) mass is 409 g/mol. The number of anilines is 2. The lowest BCUT2D eigenvalue weighted by molar-refractivity contribution is -0.116. The Morgan fingerprint density at radius 1 is 1.07 bits per heavy atom. The number of hydrogen-bond acceptors (Lipinski definition) is 5. The quantitative estimate of drug-likeness (QED) is 0.563. The Bertz CT molecular complexity index is 983. The van der Waals surface area contributed by atoms with E-state index in [0.717, 1.165) is 28.3 Å². The molecule has 6 nitrogen and oxygen atoms in total. The highest BCUT2D eigenvalue weighted by molar-refractivity contribution is 7.14. The summed E-state index contributed by atoms with van der Waals surface area (Å²) in [5.41, 5.74) is 3.45. The van der Waals surface area contributed by atoms with Gasteiger partial charge in [-0.05, 0) is 37.1 Å². The van der Waals surface area contributed by atoms with Crippen molar-refractivity contribution < 1.29 is 14.3 Å². The fourth-order valence-electron chi connectivity index (χ4n) is 2.83. The number of aryl methyl sites for hydroxylation is 1. The summed E-state index contributed by atoms with van der Waals surface area (Å²) in [5.74, 6) is 0.625. The Morgan fingerprint density at radius 2 is 1.83 bits per heavy atom. The first kappa shape index (κ1) is 20.5. The lowest BCUT2D eigenvalue weighted by Gasteiger charge is -2.09. The number of nitrogens with one attached hydrogen (secondary N) is 2. The number of nitrogens with zero attached hydrogens (tertiary/aromatic N) is 1. The van der Waals surface area contributed by atoms with Crippen molar-refractivity contribution in [2.24, 2.45) is 0 Å². The molecule has 0 spiro atoms. The number of benzene rings is 2. The van der Waals surface area contributed by atoms with E-state index in [1.165, 1.54) is 18.3 Å². The molecule has 7 heteroatoms. The maximum atomic E-state index is 12.3. The number of ether oxygens (including phenoxy) is 1. The highest BCUT2D eigenvalue weighted by Gasteiger charge is 2.10. The first-order valence-electron chi connectivity index (χ1n) is 9.39. The van der Waals surface area contributed by atoms with Gasteiger partial charge in [0.15, 0.2) is 5.13 Å². The molecular weight excluding hydrogens is 386 g/mol. The van der Waals surface area contributed by atoms with Gasteiger partial charge >= 0.3 is 0 Å². The second-order valence-corrected chi connectivity index (χ2v) is 7.24. The van der Waals surface area contributed by atoms with Crippen molar-refractivity contribution in [3.63, 3.8) is 0 Å². The van der Waals surface area contributed by atoms with Crippen molar-refractivity contribution in [3.8, 4) is 17.0 Å². The van der Waals surface area contributed by atoms with E-state index in [1.807, 2.05) is 60.8 Å². The number of carbonyl (C=O) groups excluding carboxylic acids is 2. The minimum absolute atomic E-state index is 0.0850. The number of para-hydroxylation sites is 1. The molecule has 2 aromatic carbocycles. The van der Waals surface area contributed by atoms with E-state index >= 15 is 0 Å². The molecule has 0 radical (unpaired) electrons. The number of aromatic nitrogens is 1. The fraction of sp³-hybridized carbons (Fsp3) is 0.227. The first-order chi connectivity index (χ1) is 14.0. The topological polar surface area (TPSA) is 80.3 Å². The maximum Gasteiger partial charge on any atom is 0.226 e. The molecule has 0 bridgehead atoms. The smallest absolute Gasteiger partial charge is 0.226 e. The first-order valence-corrected chi connectivity index (χ1v) is 10.3. The minimum Gasteiger partial charge on any atom is -0.494 e. The van der Waals surface area contributed by atoms with Crippen LogP contribution in [0.4, 0.5) is 10.8 Å². The van der Waals surface area contributed by atoms with Gasteiger partial charge in [0.2, 0.25) is 11.8 Å². The van der Waals surface area contributed by atoms with Crippen LogP contribution in [0.1, 0.15) is 25.8 Å². The van der Waals surface area contributed by atoms with Gasteiger partial charge in [-0.25, -0.2) is 4.98 Å². The van der Waals surface area contributed by atoms with Gasteiger partial charge < -0.3 is 15.4 Å². The summed E-state index contributed by atoms with van der Waals surface area (Å²) in [6.45, 7) is 4.01. The molecule has 3 aromatic rings. The highest BCUT2D eigenvalue weighted by atomic mass is 32.1. The Morgan fingerprint density at radius 3 is 2.55 bits per heavy atom. The Kier molecular flexibility index (Phi) is 6.97. The van der Waals surface area contributed by atoms with Crippen LogP contribution in [0, 0.1) is 0 Å². The van der Waals surface area contributed by atoms with Crippen LogP contribution in [0.2, 0.25) is 0 Å². The van der Waals surface area contributed by atoms with Crippen LogP contribution in [-0.2, 0) is 16.0 Å². The molecule has 2 amide bonds. The number of hydrogen-bond donors (Lipinski definition) is 2. The van der Waals surface area contributed by atoms with E-state index in [9.17, 15) is 9.59 Å². The summed E-state index contributed by atoms with van der Waals surface area (Å²) in [4.78, 5) is 27.9. The van der Waals surface area contributed by atoms with E-state index < -0.39 is 0 Å². The summed E-state index contributed by atoms with van der Waals surface area (Å²) >= 11 is 1.38. The minimum atomic E-state index is -0.111. The van der Waals surface area contributed by atoms with Crippen molar-refractivity contribution >= 4 is 34.0 Å². The Hall–Kier alpha value is -3.19. The lowest BCUT2D eigenvalue weighted by atomic mass is 10.1. The molecule has 29 heavy (non-hydrogen) atoms. The van der Waals surface area contributed by atoms with Crippen molar-refractivity contribution in [1.29, 1.82) is 0 Å². The molecule has 0 aliphatic heterocycles. The SMILES string of the molecule is CCOc1ccccc1CCC(=O)Nc1nc(-c2ccc(NC(C)=O)cc2)cs1. The van der Waals surface area contributed by atoms with Crippen LogP contribution in [0.5, 0.6) is 5.75 Å². The molecule has 0 atom stereocenters. The zero-order valence-corrected chi connectivity index (χ0v) is 17.2. The molecular formula is C22H23N3O3S. The maximum absolute atomic E-state index is 12.3. The molecule has 0 unspecified atom stereocenters. The van der Waals surface area contributed by atoms with Crippen LogP contribution in [0.15, 0.2) is 53.9 Å². The zero-order valence-electron chi connectivity index (χ0n) is 16.4. The number of thiazole rings is 1. The van der Waals surface area contributed by atoms with Gasteiger partial charge in [-0.15, -0.1) is 11.3 Å². The third-order valence-corrected chi connectivity index (χ3v) is 4.90. The summed E-state index contributed by atoms with van der Waals surface area (Å²) in [6, 6.07) is 15.2. The molecule has 0 aliphatic carbocycles. The zero-order chi connectivity index (χ0) is 20.6. The van der Waals surface area contributed by atoms with Crippen LogP contribution >= 0.6 is 11.3 Å². The van der Waals surface area contributed by atoms with Crippen molar-refractivity contribution in [2.45, 2.75) is 26.7 Å². The number of amides is 2. The molecule has 1 aromatic heterocycles. The van der Waals surface area contributed by atoms with Crippen molar-refractivity contribution in [2.75, 3.05) is 17.2 Å².